The average Bonchev–Trinajstić information content (AvgIpc) is 3.15. The SMILES string of the molecule is CC[C@H](C)[C@H](NC(=O)CNC(=O)[C@H](C)NC(=O)[C@@H](N)[C@@H](C)O)C(=O)NCC(=O)N[C@H](C(=O)N[C@@H](CC(C)C)C(=O)N[C@H](C(=O)N[C@H](C(=O)O)C(C)C)[C@@H](C)O)[C@@H](C)CC. The molecule has 11 atom stereocenters. The number of aliphatic hydroxyl groups is 2. The molecule has 0 rings (SSSR count). The van der Waals surface area contributed by atoms with Gasteiger partial charge in [-0.2, -0.15) is 0 Å². The molecule has 0 aliphatic rings. The van der Waals surface area contributed by atoms with Crippen LogP contribution in [0.5, 0.6) is 0 Å². The molecule has 0 aromatic rings. The van der Waals surface area contributed by atoms with Gasteiger partial charge in [-0.25, -0.2) is 4.79 Å². The molecule has 0 saturated carbocycles. The van der Waals surface area contributed by atoms with Crippen LogP contribution < -0.4 is 48.3 Å². The van der Waals surface area contributed by atoms with Gasteiger partial charge in [0.15, 0.2) is 0 Å². The topological polar surface area (TPSA) is 337 Å². The minimum absolute atomic E-state index is 0.0906. The second kappa shape index (κ2) is 26.3. The zero-order valence-electron chi connectivity index (χ0n) is 36.1. The van der Waals surface area contributed by atoms with Crippen molar-refractivity contribution in [1.82, 2.24) is 42.5 Å². The minimum atomic E-state index is -1.56. The van der Waals surface area contributed by atoms with Crippen molar-refractivity contribution in [2.45, 2.75) is 150 Å². The summed E-state index contributed by atoms with van der Waals surface area (Å²) in [5.74, 6) is -9.09. The van der Waals surface area contributed by atoms with E-state index in [1.165, 1.54) is 20.8 Å². The van der Waals surface area contributed by atoms with E-state index in [1.807, 2.05) is 0 Å². The maximum absolute atomic E-state index is 13.7. The van der Waals surface area contributed by atoms with E-state index >= 15 is 0 Å². The van der Waals surface area contributed by atoms with Gasteiger partial charge < -0.3 is 63.6 Å². The molecule has 8 amide bonds. The van der Waals surface area contributed by atoms with Crippen molar-refractivity contribution in [3.63, 3.8) is 0 Å². The number of nitrogens with one attached hydrogen (secondary N) is 8. The molecule has 0 unspecified atom stereocenters. The van der Waals surface area contributed by atoms with Gasteiger partial charge in [-0.05, 0) is 50.9 Å². The summed E-state index contributed by atoms with van der Waals surface area (Å²) < 4.78 is 0. The summed E-state index contributed by atoms with van der Waals surface area (Å²) in [6.45, 7) is 16.4. The quantitative estimate of drug-likeness (QED) is 0.0417. The predicted molar refractivity (Wildman–Crippen MR) is 215 cm³/mol. The van der Waals surface area contributed by atoms with Crippen LogP contribution in [0.3, 0.4) is 0 Å². The van der Waals surface area contributed by atoms with Crippen LogP contribution in [0.4, 0.5) is 0 Å². The van der Waals surface area contributed by atoms with Crippen molar-refractivity contribution >= 4 is 53.2 Å². The van der Waals surface area contributed by atoms with E-state index in [0.29, 0.717) is 12.8 Å². The Hall–Kier alpha value is -4.89. The van der Waals surface area contributed by atoms with Crippen LogP contribution >= 0.6 is 0 Å². The van der Waals surface area contributed by atoms with E-state index in [1.54, 1.807) is 55.4 Å². The highest BCUT2D eigenvalue weighted by Gasteiger charge is 2.35. The third-order valence-electron chi connectivity index (χ3n) is 9.68. The molecule has 0 heterocycles. The molecule has 21 nitrogen and oxygen atoms in total. The van der Waals surface area contributed by atoms with Crippen LogP contribution in [0.15, 0.2) is 0 Å². The molecule has 0 aromatic carbocycles. The molecule has 0 fully saturated rings. The molecule has 0 aromatic heterocycles. The van der Waals surface area contributed by atoms with Crippen molar-refractivity contribution in [2.24, 2.45) is 29.4 Å². The lowest BCUT2D eigenvalue weighted by molar-refractivity contribution is -0.144. The number of nitrogens with two attached hydrogens (primary N) is 1. The van der Waals surface area contributed by atoms with Crippen molar-refractivity contribution in [1.29, 1.82) is 0 Å². The van der Waals surface area contributed by atoms with Gasteiger partial charge in [0.25, 0.3) is 0 Å². The Morgan fingerprint density at radius 2 is 0.949 bits per heavy atom. The second-order valence-corrected chi connectivity index (χ2v) is 15.8. The van der Waals surface area contributed by atoms with E-state index in [0.717, 1.165) is 0 Å². The maximum Gasteiger partial charge on any atom is 0.326 e. The largest absolute Gasteiger partial charge is 0.480 e. The standard InChI is InChI=1S/C38H69N9O12/c1-12-19(7)29(44-25(50)15-40-32(52)21(9)42-34(54)27(39)22(10)48)35(55)41-16-26(51)45-30(20(8)13-2)36(56)43-24(14-17(3)4)33(53)47-31(23(11)49)37(57)46-28(18(5)6)38(58)59/h17-24,27-31,48-49H,12-16,39H2,1-11H3,(H,40,52)(H,41,55)(H,42,54)(H,43,56)(H,44,50)(H,45,51)(H,46,57)(H,47,53)(H,58,59)/t19-,20-,21-,22+,23+,24-,27-,28-,29-,30-,31-/m0/s1. The second-order valence-electron chi connectivity index (χ2n) is 15.8. The number of aliphatic carboxylic acids is 1. The van der Waals surface area contributed by atoms with Crippen LogP contribution in [0, 0.1) is 23.7 Å². The summed E-state index contributed by atoms with van der Waals surface area (Å²) >= 11 is 0. The highest BCUT2D eigenvalue weighted by atomic mass is 16.4. The first-order valence-corrected chi connectivity index (χ1v) is 20.0. The highest BCUT2D eigenvalue weighted by Crippen LogP contribution is 2.12. The number of amides is 8. The number of carbonyl (C=O) groups excluding carboxylic acids is 8. The third kappa shape index (κ3) is 19.2. The molecule has 0 bridgehead atoms. The Morgan fingerprint density at radius 3 is 1.36 bits per heavy atom. The van der Waals surface area contributed by atoms with E-state index in [2.05, 4.69) is 42.5 Å². The number of aliphatic hydroxyl groups excluding tert-OH is 2. The van der Waals surface area contributed by atoms with Gasteiger partial charge in [0, 0.05) is 0 Å². The third-order valence-corrected chi connectivity index (χ3v) is 9.68. The van der Waals surface area contributed by atoms with Gasteiger partial charge in [0.05, 0.1) is 25.3 Å². The Labute approximate surface area is 346 Å². The molecule has 0 spiro atoms. The summed E-state index contributed by atoms with van der Waals surface area (Å²) in [6.07, 6.45) is -1.66. The number of carboxylic acids is 1. The molecule has 59 heavy (non-hydrogen) atoms. The summed E-state index contributed by atoms with van der Waals surface area (Å²) in [6, 6.07) is -8.77. The number of carboxylic acid groups (broad SMARTS) is 1. The molecular formula is C38H69N9O12. The van der Waals surface area contributed by atoms with Crippen molar-refractivity contribution in [2.75, 3.05) is 13.1 Å². The first-order chi connectivity index (χ1) is 27.3. The average molecular weight is 844 g/mol. The summed E-state index contributed by atoms with van der Waals surface area (Å²) in [4.78, 5) is 115. The highest BCUT2D eigenvalue weighted by molar-refractivity contribution is 5.97. The lowest BCUT2D eigenvalue weighted by atomic mass is 9.96. The van der Waals surface area contributed by atoms with E-state index in [-0.39, 0.29) is 12.3 Å². The number of hydrogen-bond acceptors (Lipinski definition) is 12. The summed E-state index contributed by atoms with van der Waals surface area (Å²) in [5, 5.41) is 48.9. The summed E-state index contributed by atoms with van der Waals surface area (Å²) in [5.41, 5.74) is 5.57. The van der Waals surface area contributed by atoms with Crippen molar-refractivity contribution in [3.05, 3.63) is 0 Å². The van der Waals surface area contributed by atoms with Gasteiger partial charge in [-0.15, -0.1) is 0 Å². The Bertz CT molecular complexity index is 1460. The first-order valence-electron chi connectivity index (χ1n) is 20.0. The molecule has 21 heteroatoms. The lowest BCUT2D eigenvalue weighted by Crippen LogP contribution is -2.61. The fraction of sp³-hybridized carbons (Fsp3) is 0.763. The first kappa shape index (κ1) is 54.1. The van der Waals surface area contributed by atoms with Crippen LogP contribution in [-0.4, -0.2) is 136 Å². The van der Waals surface area contributed by atoms with Crippen molar-refractivity contribution in [3.8, 4) is 0 Å². The number of carbonyl (C=O) groups is 9. The number of hydrogen-bond donors (Lipinski definition) is 12. The van der Waals surface area contributed by atoms with E-state index < -0.39 is 139 Å². The van der Waals surface area contributed by atoms with Crippen LogP contribution in [0.2, 0.25) is 0 Å². The molecule has 0 aliphatic heterocycles. The Kier molecular flexibility index (Phi) is 24.1. The molecule has 0 saturated heterocycles. The van der Waals surface area contributed by atoms with Gasteiger partial charge in [0.1, 0.15) is 42.3 Å². The monoisotopic (exact) mass is 844 g/mol. The molecule has 0 aliphatic carbocycles. The zero-order chi connectivity index (χ0) is 45.9. The Morgan fingerprint density at radius 1 is 0.508 bits per heavy atom. The van der Waals surface area contributed by atoms with Gasteiger partial charge in [0.2, 0.25) is 47.3 Å². The maximum atomic E-state index is 13.7. The van der Waals surface area contributed by atoms with Crippen LogP contribution in [-0.2, 0) is 43.2 Å². The van der Waals surface area contributed by atoms with Crippen LogP contribution in [0.1, 0.15) is 95.4 Å². The smallest absolute Gasteiger partial charge is 0.326 e. The lowest BCUT2D eigenvalue weighted by Gasteiger charge is -2.29. The van der Waals surface area contributed by atoms with E-state index in [4.69, 9.17) is 5.73 Å². The fourth-order valence-corrected chi connectivity index (χ4v) is 5.42. The van der Waals surface area contributed by atoms with Gasteiger partial charge in [-0.3, -0.25) is 38.4 Å². The van der Waals surface area contributed by atoms with E-state index in [9.17, 15) is 58.5 Å². The van der Waals surface area contributed by atoms with Gasteiger partial charge in [-0.1, -0.05) is 68.2 Å². The summed E-state index contributed by atoms with van der Waals surface area (Å²) in [7, 11) is 0. The van der Waals surface area contributed by atoms with Crippen LogP contribution in [0.25, 0.3) is 0 Å². The molecule has 13 N–H and O–H groups in total. The molecule has 338 valence electrons. The normalized spacial score (nSPS) is 16.9. The minimum Gasteiger partial charge on any atom is -0.480 e. The molecule has 0 radical (unpaired) electrons. The number of rotatable bonds is 26. The Balaban J connectivity index is 5.75. The predicted octanol–water partition coefficient (Wildman–Crippen LogP) is -2.88. The molecular weight excluding hydrogens is 774 g/mol. The van der Waals surface area contributed by atoms with Gasteiger partial charge >= 0.3 is 5.97 Å². The van der Waals surface area contributed by atoms with Crippen molar-refractivity contribution < 1.29 is 58.5 Å². The zero-order valence-corrected chi connectivity index (χ0v) is 36.1. The fourth-order valence-electron chi connectivity index (χ4n) is 5.42.